The molecule has 0 bridgehead atoms. The Balaban J connectivity index is 1.89. The lowest BCUT2D eigenvalue weighted by Crippen LogP contribution is -2.29. The van der Waals surface area contributed by atoms with Crippen molar-refractivity contribution >= 4 is 46.9 Å². The molecule has 2 amide bonds. The maximum Gasteiger partial charge on any atom is 0.249 e. The number of halogens is 2. The Kier molecular flexibility index (Phi) is 4.93. The molecule has 1 atom stereocenters. The average Bonchev–Trinajstić information content (AvgIpc) is 2.75. The molecule has 21 heavy (non-hydrogen) atoms. The van der Waals surface area contributed by atoms with Gasteiger partial charge in [-0.1, -0.05) is 29.3 Å². The molecule has 0 saturated carbocycles. The van der Waals surface area contributed by atoms with Gasteiger partial charge in [0.05, 0.1) is 22.2 Å². The van der Waals surface area contributed by atoms with Gasteiger partial charge in [-0.25, -0.2) is 10.9 Å². The van der Waals surface area contributed by atoms with E-state index < -0.39 is 5.92 Å². The van der Waals surface area contributed by atoms with Gasteiger partial charge in [0.1, 0.15) is 0 Å². The van der Waals surface area contributed by atoms with Crippen LogP contribution in [0, 0.1) is 5.92 Å². The quantitative estimate of drug-likeness (QED) is 0.654. The van der Waals surface area contributed by atoms with Crippen LogP contribution in [0.1, 0.15) is 18.9 Å². The first-order chi connectivity index (χ1) is 9.97. The van der Waals surface area contributed by atoms with Gasteiger partial charge in [-0.3, -0.25) is 9.59 Å². The third-order valence-electron chi connectivity index (χ3n) is 2.90. The van der Waals surface area contributed by atoms with E-state index in [0.717, 1.165) is 0 Å². The Morgan fingerprint density at radius 3 is 2.86 bits per heavy atom. The number of benzene rings is 1. The van der Waals surface area contributed by atoms with Crippen molar-refractivity contribution in [1.82, 2.24) is 10.9 Å². The maximum atomic E-state index is 11.7. The molecule has 0 fully saturated rings. The number of carbonyl (C=O) groups excluding carboxylic acids is 2. The lowest BCUT2D eigenvalue weighted by atomic mass is 10.0. The predicted octanol–water partition coefficient (Wildman–Crippen LogP) is 1.96. The first-order valence-corrected chi connectivity index (χ1v) is 6.84. The topological polar surface area (TPSA) is 82.9 Å². The largest absolute Gasteiger partial charge is 0.273 e. The van der Waals surface area contributed by atoms with Crippen LogP contribution in [0.3, 0.4) is 0 Å². The second-order valence-corrected chi connectivity index (χ2v) is 5.27. The second kappa shape index (κ2) is 6.69. The van der Waals surface area contributed by atoms with Gasteiger partial charge in [0.2, 0.25) is 11.8 Å². The minimum Gasteiger partial charge on any atom is -0.273 e. The number of nitrogens with one attached hydrogen (secondary N) is 2. The fourth-order valence-electron chi connectivity index (χ4n) is 1.73. The Morgan fingerprint density at radius 1 is 1.48 bits per heavy atom. The smallest absolute Gasteiger partial charge is 0.249 e. The van der Waals surface area contributed by atoms with Crippen LogP contribution in [0.2, 0.25) is 10.0 Å². The van der Waals surface area contributed by atoms with Crippen molar-refractivity contribution in [2.75, 3.05) is 0 Å². The summed E-state index contributed by atoms with van der Waals surface area (Å²) in [6.45, 7) is 1.69. The number of amides is 2. The zero-order valence-corrected chi connectivity index (χ0v) is 12.6. The Hall–Kier alpha value is -1.92. The molecule has 0 radical (unpaired) electrons. The third kappa shape index (κ3) is 4.03. The minimum absolute atomic E-state index is 0.000118. The Morgan fingerprint density at radius 2 is 2.24 bits per heavy atom. The highest BCUT2D eigenvalue weighted by Crippen LogP contribution is 2.21. The van der Waals surface area contributed by atoms with Gasteiger partial charge in [-0.05, 0) is 24.6 Å². The van der Waals surface area contributed by atoms with Gasteiger partial charge in [-0.2, -0.15) is 10.2 Å². The average molecular weight is 327 g/mol. The van der Waals surface area contributed by atoms with E-state index >= 15 is 0 Å². The van der Waals surface area contributed by atoms with E-state index in [1.165, 1.54) is 6.21 Å². The van der Waals surface area contributed by atoms with E-state index in [4.69, 9.17) is 23.2 Å². The van der Waals surface area contributed by atoms with Crippen molar-refractivity contribution in [3.63, 3.8) is 0 Å². The van der Waals surface area contributed by atoms with Gasteiger partial charge in [0.25, 0.3) is 0 Å². The van der Waals surface area contributed by atoms with E-state index in [2.05, 4.69) is 21.1 Å². The molecule has 1 aliphatic rings. The van der Waals surface area contributed by atoms with E-state index in [-0.39, 0.29) is 18.2 Å². The van der Waals surface area contributed by atoms with Crippen molar-refractivity contribution in [2.45, 2.75) is 13.3 Å². The van der Waals surface area contributed by atoms with Crippen molar-refractivity contribution in [2.24, 2.45) is 16.1 Å². The molecule has 1 aromatic rings. The summed E-state index contributed by atoms with van der Waals surface area (Å²) in [5.74, 6) is -1.19. The third-order valence-corrected chi connectivity index (χ3v) is 3.64. The summed E-state index contributed by atoms with van der Waals surface area (Å²) < 4.78 is 0. The van der Waals surface area contributed by atoms with E-state index in [1.807, 2.05) is 0 Å². The van der Waals surface area contributed by atoms with Crippen LogP contribution in [-0.2, 0) is 9.59 Å². The molecule has 1 unspecified atom stereocenters. The number of rotatable bonds is 4. The molecule has 2 N–H and O–H groups in total. The monoisotopic (exact) mass is 326 g/mol. The van der Waals surface area contributed by atoms with Gasteiger partial charge < -0.3 is 0 Å². The molecule has 1 aliphatic heterocycles. The lowest BCUT2D eigenvalue weighted by molar-refractivity contribution is -0.127. The van der Waals surface area contributed by atoms with Crippen LogP contribution in [0.15, 0.2) is 28.4 Å². The van der Waals surface area contributed by atoms with Crippen LogP contribution < -0.4 is 10.9 Å². The molecule has 1 heterocycles. The molecule has 2 rings (SSSR count). The molecule has 8 heteroatoms. The molecule has 0 saturated heterocycles. The van der Waals surface area contributed by atoms with Crippen LogP contribution in [-0.4, -0.2) is 23.7 Å². The summed E-state index contributed by atoms with van der Waals surface area (Å²) in [6, 6.07) is 4.97. The number of hydrogen-bond donors (Lipinski definition) is 2. The van der Waals surface area contributed by atoms with Gasteiger partial charge in [0, 0.05) is 12.1 Å². The molecular weight excluding hydrogens is 315 g/mol. The molecule has 0 aromatic heterocycles. The van der Waals surface area contributed by atoms with E-state index in [1.54, 1.807) is 25.1 Å². The Bertz CT molecular complexity index is 643. The maximum absolute atomic E-state index is 11.7. The van der Waals surface area contributed by atoms with Gasteiger partial charge in [0.15, 0.2) is 0 Å². The van der Waals surface area contributed by atoms with Crippen LogP contribution >= 0.6 is 23.2 Å². The number of hydrazone groups is 2. The highest BCUT2D eigenvalue weighted by molar-refractivity contribution is 6.42. The Labute approximate surface area is 131 Å². The molecule has 0 spiro atoms. The summed E-state index contributed by atoms with van der Waals surface area (Å²) in [6.07, 6.45) is 1.44. The van der Waals surface area contributed by atoms with Crippen molar-refractivity contribution < 1.29 is 9.59 Å². The SMILES string of the molecule is CC1=NNC(=O)C1CC(=O)N/N=C/c1ccc(Cl)c(Cl)c1. The first kappa shape index (κ1) is 15.5. The zero-order valence-electron chi connectivity index (χ0n) is 11.1. The predicted molar refractivity (Wildman–Crippen MR) is 81.6 cm³/mol. The van der Waals surface area contributed by atoms with Gasteiger partial charge in [-0.15, -0.1) is 0 Å². The highest BCUT2D eigenvalue weighted by atomic mass is 35.5. The summed E-state index contributed by atoms with van der Waals surface area (Å²) in [5.41, 5.74) is 5.96. The van der Waals surface area contributed by atoms with Crippen molar-refractivity contribution in [3.05, 3.63) is 33.8 Å². The summed E-state index contributed by atoms with van der Waals surface area (Å²) in [5, 5.41) is 8.42. The van der Waals surface area contributed by atoms with Crippen LogP contribution in [0.5, 0.6) is 0 Å². The fourth-order valence-corrected chi connectivity index (χ4v) is 2.04. The van der Waals surface area contributed by atoms with Gasteiger partial charge >= 0.3 is 0 Å². The summed E-state index contributed by atoms with van der Waals surface area (Å²) in [7, 11) is 0. The van der Waals surface area contributed by atoms with E-state index in [0.29, 0.717) is 21.3 Å². The highest BCUT2D eigenvalue weighted by Gasteiger charge is 2.28. The fraction of sp³-hybridized carbons (Fsp3) is 0.231. The first-order valence-electron chi connectivity index (χ1n) is 6.08. The van der Waals surface area contributed by atoms with Crippen molar-refractivity contribution in [3.8, 4) is 0 Å². The van der Waals surface area contributed by atoms with Crippen LogP contribution in [0.4, 0.5) is 0 Å². The number of hydrogen-bond acceptors (Lipinski definition) is 4. The van der Waals surface area contributed by atoms with E-state index in [9.17, 15) is 9.59 Å². The molecule has 110 valence electrons. The normalized spacial score (nSPS) is 17.8. The zero-order chi connectivity index (χ0) is 15.4. The number of nitrogens with zero attached hydrogens (tertiary/aromatic N) is 2. The van der Waals surface area contributed by atoms with Crippen molar-refractivity contribution in [1.29, 1.82) is 0 Å². The standard InChI is InChI=1S/C13H12Cl2N4O2/c1-7-9(13(21)19-17-7)5-12(20)18-16-6-8-2-3-10(14)11(15)4-8/h2-4,6,9H,5H2,1H3,(H,18,20)(H,19,21)/b16-6+. The second-order valence-electron chi connectivity index (χ2n) is 4.45. The van der Waals surface area contributed by atoms with Crippen LogP contribution in [0.25, 0.3) is 0 Å². The lowest BCUT2D eigenvalue weighted by Gasteiger charge is -2.05. The minimum atomic E-state index is -0.537. The molecular formula is C13H12Cl2N4O2. The molecule has 6 nitrogen and oxygen atoms in total. The number of carbonyl (C=O) groups is 2. The molecule has 1 aromatic carbocycles. The summed E-state index contributed by atoms with van der Waals surface area (Å²) in [4.78, 5) is 23.1. The molecule has 0 aliphatic carbocycles. The summed E-state index contributed by atoms with van der Waals surface area (Å²) >= 11 is 11.7.